The molecule has 18 heavy (non-hydrogen) atoms. The minimum absolute atomic E-state index is 0.154. The number of hydrogen-bond acceptors (Lipinski definition) is 2. The Labute approximate surface area is 104 Å². The first-order valence-corrected chi connectivity index (χ1v) is 5.66. The number of rotatable bonds is 2. The van der Waals surface area contributed by atoms with Crippen molar-refractivity contribution in [2.45, 2.75) is 32.0 Å². The Kier molecular flexibility index (Phi) is 2.67. The van der Waals surface area contributed by atoms with Crippen LogP contribution in [-0.2, 0) is 11.7 Å². The Hall–Kier alpha value is -1.23. The summed E-state index contributed by atoms with van der Waals surface area (Å²) >= 11 is 0. The lowest BCUT2D eigenvalue weighted by Crippen LogP contribution is -2.29. The van der Waals surface area contributed by atoms with E-state index in [2.05, 4.69) is 0 Å². The van der Waals surface area contributed by atoms with E-state index in [1.807, 2.05) is 13.8 Å². The van der Waals surface area contributed by atoms with Crippen LogP contribution in [0, 0.1) is 5.41 Å². The van der Waals surface area contributed by atoms with Gasteiger partial charge in [0.25, 0.3) is 0 Å². The predicted octanol–water partition coefficient (Wildman–Crippen LogP) is 3.30. The molecule has 2 nitrogen and oxygen atoms in total. The topological polar surface area (TPSA) is 35.2 Å². The largest absolute Gasteiger partial charge is 0.497 e. The zero-order valence-corrected chi connectivity index (χ0v) is 10.6. The third-order valence-corrected chi connectivity index (χ3v) is 3.82. The van der Waals surface area contributed by atoms with Gasteiger partial charge in [0.1, 0.15) is 5.75 Å². The van der Waals surface area contributed by atoms with Crippen molar-refractivity contribution in [3.05, 3.63) is 29.3 Å². The fourth-order valence-electron chi connectivity index (χ4n) is 2.39. The van der Waals surface area contributed by atoms with Crippen molar-refractivity contribution in [1.29, 1.82) is 0 Å². The molecule has 1 aromatic rings. The van der Waals surface area contributed by atoms with Gasteiger partial charge >= 0.3 is 6.18 Å². The molecule has 1 fully saturated rings. The van der Waals surface area contributed by atoms with Gasteiger partial charge < -0.3 is 10.5 Å². The molecule has 0 bridgehead atoms. The average Bonchev–Trinajstić information content (AvgIpc) is 2.77. The zero-order chi connectivity index (χ0) is 13.8. The quantitative estimate of drug-likeness (QED) is 0.884. The standard InChI is InChI=1S/C13H16F3NO/c1-11(2)7-12(11,17)9-5-4-8(18-3)6-10(9)13(14,15)16/h4-6H,7,17H2,1-3H3. The molecular formula is C13H16F3NO. The molecule has 0 aliphatic heterocycles. The maximum atomic E-state index is 13.1. The molecule has 1 aromatic carbocycles. The maximum Gasteiger partial charge on any atom is 0.416 e. The van der Waals surface area contributed by atoms with Crippen LogP contribution in [-0.4, -0.2) is 7.11 Å². The van der Waals surface area contributed by atoms with Gasteiger partial charge in [-0.05, 0) is 29.5 Å². The van der Waals surface area contributed by atoms with Gasteiger partial charge in [0.15, 0.2) is 0 Å². The first-order valence-electron chi connectivity index (χ1n) is 5.66. The third-order valence-electron chi connectivity index (χ3n) is 3.82. The summed E-state index contributed by atoms with van der Waals surface area (Å²) in [5.41, 5.74) is 4.35. The second-order valence-electron chi connectivity index (χ2n) is 5.44. The van der Waals surface area contributed by atoms with Gasteiger partial charge in [-0.25, -0.2) is 0 Å². The maximum absolute atomic E-state index is 13.1. The fourth-order valence-corrected chi connectivity index (χ4v) is 2.39. The van der Waals surface area contributed by atoms with E-state index in [0.717, 1.165) is 6.07 Å². The van der Waals surface area contributed by atoms with Crippen LogP contribution in [0.25, 0.3) is 0 Å². The molecule has 1 atom stereocenters. The molecule has 0 heterocycles. The molecule has 1 aliphatic rings. The molecule has 0 spiro atoms. The molecule has 2 N–H and O–H groups in total. The number of methoxy groups -OCH3 is 1. The van der Waals surface area contributed by atoms with Crippen LogP contribution in [0.2, 0.25) is 0 Å². The number of halogens is 3. The molecule has 0 saturated heterocycles. The van der Waals surface area contributed by atoms with E-state index in [9.17, 15) is 13.2 Å². The first kappa shape index (κ1) is 13.2. The summed E-state index contributed by atoms with van der Waals surface area (Å²) in [7, 11) is 1.34. The molecule has 0 aromatic heterocycles. The number of benzene rings is 1. The molecule has 0 amide bonds. The Bertz CT molecular complexity index is 482. The van der Waals surface area contributed by atoms with Crippen LogP contribution < -0.4 is 10.5 Å². The minimum atomic E-state index is -4.42. The van der Waals surface area contributed by atoms with Crippen molar-refractivity contribution in [3.8, 4) is 5.75 Å². The zero-order valence-electron chi connectivity index (χ0n) is 10.6. The summed E-state index contributed by atoms with van der Waals surface area (Å²) in [5.74, 6) is 0.188. The highest BCUT2D eigenvalue weighted by atomic mass is 19.4. The average molecular weight is 259 g/mol. The van der Waals surface area contributed by atoms with Crippen LogP contribution in [0.4, 0.5) is 13.2 Å². The SMILES string of the molecule is COc1ccc(C2(N)CC2(C)C)c(C(F)(F)F)c1. The minimum Gasteiger partial charge on any atom is -0.497 e. The monoisotopic (exact) mass is 259 g/mol. The van der Waals surface area contributed by atoms with Crippen LogP contribution in [0.3, 0.4) is 0 Å². The van der Waals surface area contributed by atoms with Gasteiger partial charge in [-0.2, -0.15) is 13.2 Å². The summed E-state index contributed by atoms with van der Waals surface area (Å²) < 4.78 is 44.0. The van der Waals surface area contributed by atoms with Crippen LogP contribution >= 0.6 is 0 Å². The summed E-state index contributed by atoms with van der Waals surface area (Å²) in [6, 6.07) is 3.96. The second kappa shape index (κ2) is 3.63. The van der Waals surface area contributed by atoms with Gasteiger partial charge in [-0.15, -0.1) is 0 Å². The number of alkyl halides is 3. The van der Waals surface area contributed by atoms with E-state index < -0.39 is 17.3 Å². The molecule has 5 heteroatoms. The Morgan fingerprint density at radius 2 is 1.83 bits per heavy atom. The van der Waals surface area contributed by atoms with E-state index in [1.54, 1.807) is 0 Å². The van der Waals surface area contributed by atoms with Gasteiger partial charge in [-0.3, -0.25) is 0 Å². The highest BCUT2D eigenvalue weighted by Crippen LogP contribution is 2.62. The summed E-state index contributed by atoms with van der Waals surface area (Å²) in [6.45, 7) is 3.74. The van der Waals surface area contributed by atoms with Gasteiger partial charge in [-0.1, -0.05) is 19.9 Å². The summed E-state index contributed by atoms with van der Waals surface area (Å²) in [5, 5.41) is 0. The van der Waals surface area contributed by atoms with Crippen LogP contribution in [0.1, 0.15) is 31.4 Å². The smallest absolute Gasteiger partial charge is 0.416 e. The normalized spacial score (nSPS) is 25.9. The third kappa shape index (κ3) is 1.86. The van der Waals surface area contributed by atoms with E-state index >= 15 is 0 Å². The molecule has 2 rings (SSSR count). The first-order chi connectivity index (χ1) is 8.12. The van der Waals surface area contributed by atoms with E-state index in [4.69, 9.17) is 10.5 Å². The van der Waals surface area contributed by atoms with Crippen molar-refractivity contribution in [2.75, 3.05) is 7.11 Å². The van der Waals surface area contributed by atoms with Crippen molar-refractivity contribution >= 4 is 0 Å². The van der Waals surface area contributed by atoms with Gasteiger partial charge in [0.2, 0.25) is 0 Å². The molecule has 1 unspecified atom stereocenters. The Balaban J connectivity index is 2.55. The van der Waals surface area contributed by atoms with Gasteiger partial charge in [0.05, 0.1) is 12.7 Å². The lowest BCUT2D eigenvalue weighted by atomic mass is 9.92. The lowest BCUT2D eigenvalue weighted by Gasteiger charge is -2.21. The molecular weight excluding hydrogens is 243 g/mol. The number of nitrogens with two attached hydrogens (primary N) is 1. The van der Waals surface area contributed by atoms with Crippen molar-refractivity contribution in [3.63, 3.8) is 0 Å². The molecule has 1 aliphatic carbocycles. The number of hydrogen-bond donors (Lipinski definition) is 1. The Morgan fingerprint density at radius 1 is 1.28 bits per heavy atom. The van der Waals surface area contributed by atoms with Crippen molar-refractivity contribution < 1.29 is 17.9 Å². The van der Waals surface area contributed by atoms with E-state index in [0.29, 0.717) is 6.42 Å². The second-order valence-corrected chi connectivity index (χ2v) is 5.44. The van der Waals surface area contributed by atoms with Crippen LogP contribution in [0.5, 0.6) is 5.75 Å². The van der Waals surface area contributed by atoms with Crippen molar-refractivity contribution in [1.82, 2.24) is 0 Å². The molecule has 0 radical (unpaired) electrons. The van der Waals surface area contributed by atoms with E-state index in [1.165, 1.54) is 19.2 Å². The fraction of sp³-hybridized carbons (Fsp3) is 0.538. The van der Waals surface area contributed by atoms with Crippen LogP contribution in [0.15, 0.2) is 18.2 Å². The summed E-state index contributed by atoms with van der Waals surface area (Å²) in [4.78, 5) is 0. The highest BCUT2D eigenvalue weighted by molar-refractivity contribution is 5.46. The highest BCUT2D eigenvalue weighted by Gasteiger charge is 2.61. The van der Waals surface area contributed by atoms with Crippen molar-refractivity contribution in [2.24, 2.45) is 11.1 Å². The molecule has 1 saturated carbocycles. The Morgan fingerprint density at radius 3 is 2.22 bits per heavy atom. The number of ether oxygens (including phenoxy) is 1. The van der Waals surface area contributed by atoms with E-state index in [-0.39, 0.29) is 16.7 Å². The molecule has 100 valence electrons. The summed E-state index contributed by atoms with van der Waals surface area (Å²) in [6.07, 6.45) is -3.87. The lowest BCUT2D eigenvalue weighted by molar-refractivity contribution is -0.138. The van der Waals surface area contributed by atoms with Gasteiger partial charge in [0, 0.05) is 5.54 Å². The predicted molar refractivity (Wildman–Crippen MR) is 62.3 cm³/mol.